The molecule has 104 valence electrons. The molecule has 2 aromatic rings. The summed E-state index contributed by atoms with van der Waals surface area (Å²) in [5, 5.41) is 11.4. The number of carbonyl (C=O) groups excluding carboxylic acids is 1. The zero-order valence-corrected chi connectivity index (χ0v) is 10.2. The maximum absolute atomic E-state index is 13.0. The average molecular weight is 278 g/mol. The van der Waals surface area contributed by atoms with E-state index in [-0.39, 0.29) is 12.0 Å². The van der Waals surface area contributed by atoms with E-state index in [1.54, 1.807) is 0 Å². The molecular weight excluding hydrogens is 267 g/mol. The smallest absolute Gasteiger partial charge is 0.326 e. The fraction of sp³-hybridized carbons (Fsp3) is 0.167. The van der Waals surface area contributed by atoms with Crippen LogP contribution in [0.4, 0.5) is 4.39 Å². The molecule has 8 heteroatoms. The lowest BCUT2D eigenvalue weighted by atomic mass is 10.1. The average Bonchev–Trinajstić information content (AvgIpc) is 2.90. The Morgan fingerprint density at radius 2 is 2.15 bits per heavy atom. The van der Waals surface area contributed by atoms with Gasteiger partial charge in [0.05, 0.1) is 18.1 Å². The third kappa shape index (κ3) is 3.37. The predicted molar refractivity (Wildman–Crippen MR) is 65.4 cm³/mol. The first-order valence-electron chi connectivity index (χ1n) is 5.67. The Hall–Kier alpha value is -2.77. The van der Waals surface area contributed by atoms with Crippen LogP contribution in [0, 0.1) is 5.82 Å². The zero-order valence-electron chi connectivity index (χ0n) is 10.2. The van der Waals surface area contributed by atoms with Crippen molar-refractivity contribution in [3.8, 4) is 0 Å². The Bertz CT molecular complexity index is 615. The number of nitrogens with zero attached hydrogens (tertiary/aromatic N) is 2. The number of imidazole rings is 1. The fourth-order valence-corrected chi connectivity index (χ4v) is 1.59. The summed E-state index contributed by atoms with van der Waals surface area (Å²) in [7, 11) is 0. The largest absolute Gasteiger partial charge is 0.480 e. The number of aromatic nitrogens is 3. The van der Waals surface area contributed by atoms with E-state index in [0.29, 0.717) is 5.69 Å². The van der Waals surface area contributed by atoms with Crippen LogP contribution < -0.4 is 5.32 Å². The highest BCUT2D eigenvalue weighted by Gasteiger charge is 2.22. The first-order chi connectivity index (χ1) is 9.56. The molecule has 0 aliphatic rings. The molecule has 20 heavy (non-hydrogen) atoms. The second-order valence-corrected chi connectivity index (χ2v) is 4.04. The van der Waals surface area contributed by atoms with Crippen LogP contribution in [-0.4, -0.2) is 38.0 Å². The molecule has 0 saturated carbocycles. The molecule has 0 saturated heterocycles. The first kappa shape index (κ1) is 13.7. The summed E-state index contributed by atoms with van der Waals surface area (Å²) in [6, 6.07) is -0.163. The minimum absolute atomic E-state index is 0.0409. The Morgan fingerprint density at radius 3 is 2.75 bits per heavy atom. The minimum Gasteiger partial charge on any atom is -0.480 e. The van der Waals surface area contributed by atoms with Gasteiger partial charge in [-0.25, -0.2) is 14.2 Å². The van der Waals surface area contributed by atoms with Crippen molar-refractivity contribution in [2.45, 2.75) is 12.5 Å². The lowest BCUT2D eigenvalue weighted by molar-refractivity contribution is -0.139. The molecule has 2 rings (SSSR count). The van der Waals surface area contributed by atoms with Crippen LogP contribution in [-0.2, 0) is 11.2 Å². The molecule has 0 aromatic carbocycles. The van der Waals surface area contributed by atoms with Gasteiger partial charge in [-0.2, -0.15) is 0 Å². The Balaban J connectivity index is 2.08. The number of carboxylic acids is 1. The van der Waals surface area contributed by atoms with Crippen molar-refractivity contribution in [3.63, 3.8) is 0 Å². The van der Waals surface area contributed by atoms with Crippen molar-refractivity contribution in [1.29, 1.82) is 0 Å². The van der Waals surface area contributed by atoms with Gasteiger partial charge in [0.15, 0.2) is 0 Å². The van der Waals surface area contributed by atoms with E-state index in [0.717, 1.165) is 18.5 Å². The van der Waals surface area contributed by atoms with E-state index >= 15 is 0 Å². The van der Waals surface area contributed by atoms with Gasteiger partial charge in [0.2, 0.25) is 0 Å². The van der Waals surface area contributed by atoms with Crippen molar-refractivity contribution in [1.82, 2.24) is 20.3 Å². The molecule has 3 N–H and O–H groups in total. The van der Waals surface area contributed by atoms with Crippen molar-refractivity contribution >= 4 is 11.9 Å². The van der Waals surface area contributed by atoms with E-state index in [4.69, 9.17) is 5.11 Å². The molecular formula is C12H11FN4O3. The molecule has 1 unspecified atom stereocenters. The summed E-state index contributed by atoms with van der Waals surface area (Å²) in [6.07, 6.45) is 5.03. The molecule has 7 nitrogen and oxygen atoms in total. The summed E-state index contributed by atoms with van der Waals surface area (Å²) in [5.74, 6) is -2.57. The van der Waals surface area contributed by atoms with Crippen LogP contribution in [0.5, 0.6) is 0 Å². The van der Waals surface area contributed by atoms with Gasteiger partial charge in [0, 0.05) is 24.5 Å². The number of amides is 1. The standard InChI is InChI=1S/C12H11FN4O3/c13-8-1-7(3-14-4-8)11(18)17-10(12(19)20)2-9-5-15-6-16-9/h1,3-6,10H,2H2,(H,15,16)(H,17,18)(H,19,20). The van der Waals surface area contributed by atoms with Crippen molar-refractivity contribution in [2.24, 2.45) is 0 Å². The summed E-state index contributed by atoms with van der Waals surface area (Å²) in [4.78, 5) is 33.0. The van der Waals surface area contributed by atoms with Gasteiger partial charge in [-0.1, -0.05) is 0 Å². The SMILES string of the molecule is O=C(NC(Cc1cnc[nH]1)C(=O)O)c1cncc(F)c1. The van der Waals surface area contributed by atoms with Gasteiger partial charge < -0.3 is 15.4 Å². The zero-order chi connectivity index (χ0) is 14.5. The second-order valence-electron chi connectivity index (χ2n) is 4.04. The van der Waals surface area contributed by atoms with E-state index in [2.05, 4.69) is 20.3 Å². The summed E-state index contributed by atoms with van der Waals surface area (Å²) >= 11 is 0. The normalized spacial score (nSPS) is 11.8. The third-order valence-electron chi connectivity index (χ3n) is 2.55. The van der Waals surface area contributed by atoms with E-state index in [1.165, 1.54) is 12.5 Å². The monoisotopic (exact) mass is 278 g/mol. The van der Waals surface area contributed by atoms with E-state index in [1.807, 2.05) is 0 Å². The highest BCUT2D eigenvalue weighted by atomic mass is 19.1. The number of aromatic amines is 1. The van der Waals surface area contributed by atoms with Gasteiger partial charge in [-0.05, 0) is 6.07 Å². The number of nitrogens with one attached hydrogen (secondary N) is 2. The molecule has 0 aliphatic heterocycles. The molecule has 0 spiro atoms. The number of carbonyl (C=O) groups is 2. The molecule has 0 bridgehead atoms. The van der Waals surface area contributed by atoms with Crippen molar-refractivity contribution in [3.05, 3.63) is 48.1 Å². The minimum atomic E-state index is -1.20. The summed E-state index contributed by atoms with van der Waals surface area (Å²) < 4.78 is 13.0. The van der Waals surface area contributed by atoms with Gasteiger partial charge in [0.1, 0.15) is 11.9 Å². The summed E-state index contributed by atoms with van der Waals surface area (Å²) in [6.45, 7) is 0. The Morgan fingerprint density at radius 1 is 1.35 bits per heavy atom. The van der Waals surface area contributed by atoms with Gasteiger partial charge >= 0.3 is 5.97 Å². The van der Waals surface area contributed by atoms with Gasteiger partial charge in [-0.15, -0.1) is 0 Å². The number of aliphatic carboxylic acids is 1. The highest BCUT2D eigenvalue weighted by Crippen LogP contribution is 2.04. The number of H-pyrrole nitrogens is 1. The predicted octanol–water partition coefficient (Wildman–Crippen LogP) is 0.369. The van der Waals surface area contributed by atoms with Crippen LogP contribution in [0.15, 0.2) is 31.0 Å². The molecule has 1 atom stereocenters. The number of rotatable bonds is 5. The number of hydrogen-bond acceptors (Lipinski definition) is 4. The quantitative estimate of drug-likeness (QED) is 0.732. The Labute approximate surface area is 112 Å². The number of halogens is 1. The third-order valence-corrected chi connectivity index (χ3v) is 2.55. The maximum atomic E-state index is 13.0. The number of pyridine rings is 1. The Kier molecular flexibility index (Phi) is 4.04. The molecule has 0 radical (unpaired) electrons. The fourth-order valence-electron chi connectivity index (χ4n) is 1.59. The highest BCUT2D eigenvalue weighted by molar-refractivity contribution is 5.96. The van der Waals surface area contributed by atoms with Gasteiger partial charge in [0.25, 0.3) is 5.91 Å². The van der Waals surface area contributed by atoms with Crippen molar-refractivity contribution in [2.75, 3.05) is 0 Å². The van der Waals surface area contributed by atoms with E-state index < -0.39 is 23.7 Å². The molecule has 2 aromatic heterocycles. The number of carboxylic acid groups (broad SMARTS) is 1. The maximum Gasteiger partial charge on any atom is 0.326 e. The second kappa shape index (κ2) is 5.91. The van der Waals surface area contributed by atoms with Crippen LogP contribution >= 0.6 is 0 Å². The first-order valence-corrected chi connectivity index (χ1v) is 5.67. The lowest BCUT2D eigenvalue weighted by Crippen LogP contribution is -2.42. The van der Waals surface area contributed by atoms with Gasteiger partial charge in [-0.3, -0.25) is 9.78 Å². The topological polar surface area (TPSA) is 108 Å². The van der Waals surface area contributed by atoms with Crippen LogP contribution in [0.25, 0.3) is 0 Å². The molecule has 0 aliphatic carbocycles. The lowest BCUT2D eigenvalue weighted by Gasteiger charge is -2.13. The van der Waals surface area contributed by atoms with Crippen molar-refractivity contribution < 1.29 is 19.1 Å². The molecule has 1 amide bonds. The molecule has 2 heterocycles. The van der Waals surface area contributed by atoms with E-state index in [9.17, 15) is 14.0 Å². The summed E-state index contributed by atoms with van der Waals surface area (Å²) in [5.41, 5.74) is 0.524. The number of hydrogen-bond donors (Lipinski definition) is 3. The molecule has 0 fully saturated rings. The van der Waals surface area contributed by atoms with Crippen LogP contribution in [0.2, 0.25) is 0 Å². The van der Waals surface area contributed by atoms with Crippen LogP contribution in [0.3, 0.4) is 0 Å². The van der Waals surface area contributed by atoms with Crippen LogP contribution in [0.1, 0.15) is 16.1 Å².